The third-order valence-electron chi connectivity index (χ3n) is 4.85. The lowest BCUT2D eigenvalue weighted by Crippen LogP contribution is -2.08. The molecule has 2 aromatic carbocycles. The van der Waals surface area contributed by atoms with Crippen LogP contribution in [-0.2, 0) is 9.53 Å². The van der Waals surface area contributed by atoms with Crippen LogP contribution < -0.4 is 14.2 Å². The van der Waals surface area contributed by atoms with Crippen molar-refractivity contribution in [3.63, 3.8) is 0 Å². The lowest BCUT2D eigenvalue weighted by Gasteiger charge is -2.08. The normalized spacial score (nSPS) is 10.4. The third kappa shape index (κ3) is 10.0. The largest absolute Gasteiger partial charge is 0.497 e. The third-order valence-corrected chi connectivity index (χ3v) is 4.85. The van der Waals surface area contributed by atoms with Crippen molar-refractivity contribution >= 4 is 12.4 Å². The average molecular weight is 429 g/mol. The zero-order valence-corrected chi connectivity index (χ0v) is 18.2. The van der Waals surface area contributed by atoms with Crippen LogP contribution in [0.25, 0.3) is 0 Å². The van der Waals surface area contributed by atoms with Crippen molar-refractivity contribution in [3.05, 3.63) is 54.1 Å². The van der Waals surface area contributed by atoms with Crippen LogP contribution in [-0.4, -0.2) is 32.8 Å². The van der Waals surface area contributed by atoms with E-state index < -0.39 is 5.97 Å². The Balaban J connectivity index is 1.55. The molecule has 0 saturated carbocycles. The van der Waals surface area contributed by atoms with Crippen LogP contribution in [0.5, 0.6) is 17.2 Å². The average Bonchev–Trinajstić information content (AvgIpc) is 2.80. The van der Waals surface area contributed by atoms with Gasteiger partial charge in [0.15, 0.2) is 0 Å². The van der Waals surface area contributed by atoms with Crippen LogP contribution in [0.1, 0.15) is 61.7 Å². The van der Waals surface area contributed by atoms with E-state index in [1.54, 1.807) is 55.6 Å². The second-order valence-electron chi connectivity index (χ2n) is 7.23. The van der Waals surface area contributed by atoms with Gasteiger partial charge in [-0.05, 0) is 61.4 Å². The van der Waals surface area contributed by atoms with E-state index in [0.717, 1.165) is 31.4 Å². The number of ether oxygens (including phenoxy) is 4. The van der Waals surface area contributed by atoms with E-state index in [1.165, 1.54) is 25.7 Å². The molecule has 6 nitrogen and oxygen atoms in total. The Hall–Kier alpha value is -3.02. The summed E-state index contributed by atoms with van der Waals surface area (Å²) in [6.45, 7) is 1.71. The monoisotopic (exact) mass is 428 g/mol. The lowest BCUT2D eigenvalue weighted by atomic mass is 10.1. The highest BCUT2D eigenvalue weighted by Gasteiger charge is 2.09. The summed E-state index contributed by atoms with van der Waals surface area (Å²) in [5, 5.41) is 0. The van der Waals surface area contributed by atoms with Crippen LogP contribution in [0.4, 0.5) is 0 Å². The van der Waals surface area contributed by atoms with Gasteiger partial charge < -0.3 is 18.9 Å². The minimum atomic E-state index is -0.409. The number of unbranched alkanes of at least 4 members (excludes halogenated alkanes) is 7. The fourth-order valence-corrected chi connectivity index (χ4v) is 3.08. The van der Waals surface area contributed by atoms with Gasteiger partial charge in [-0.25, -0.2) is 4.79 Å². The van der Waals surface area contributed by atoms with E-state index in [9.17, 15) is 9.59 Å². The van der Waals surface area contributed by atoms with Gasteiger partial charge in [-0.3, -0.25) is 4.79 Å². The molecular weight excluding hydrogens is 396 g/mol. The number of methoxy groups -OCH3 is 1. The number of hydrogen-bond donors (Lipinski definition) is 0. The number of esters is 1. The maximum atomic E-state index is 12.2. The van der Waals surface area contributed by atoms with Gasteiger partial charge in [-0.1, -0.05) is 38.5 Å². The number of carbonyl (C=O) groups is 2. The van der Waals surface area contributed by atoms with Crippen molar-refractivity contribution < 1.29 is 28.5 Å². The standard InChI is InChI=1S/C25H32O6/c1-28-22-14-16-24(17-15-22)31-25(27)21-10-12-23(13-11-21)30-19-9-7-5-3-2-4-6-8-18-29-20-26/h10-17,20H,2-9,18-19H2,1H3. The maximum absolute atomic E-state index is 12.2. The predicted molar refractivity (Wildman–Crippen MR) is 119 cm³/mol. The Kier molecular flexibility index (Phi) is 11.6. The van der Waals surface area contributed by atoms with E-state index in [-0.39, 0.29) is 0 Å². The fraction of sp³-hybridized carbons (Fsp3) is 0.440. The Labute approximate surface area is 184 Å². The SMILES string of the molecule is COc1ccc(OC(=O)c2ccc(OCCCCCCCCCCOC=O)cc2)cc1. The molecule has 0 spiro atoms. The molecule has 0 bridgehead atoms. The zero-order valence-electron chi connectivity index (χ0n) is 18.2. The summed E-state index contributed by atoms with van der Waals surface area (Å²) in [6.07, 6.45) is 9.03. The molecule has 0 saturated heterocycles. The van der Waals surface area contributed by atoms with Gasteiger partial charge in [0.05, 0.1) is 25.9 Å². The highest BCUT2D eigenvalue weighted by atomic mass is 16.5. The molecule has 0 fully saturated rings. The molecule has 0 aromatic heterocycles. The van der Waals surface area contributed by atoms with Crippen molar-refractivity contribution in [2.45, 2.75) is 51.4 Å². The van der Waals surface area contributed by atoms with Crippen molar-refractivity contribution in [3.8, 4) is 17.2 Å². The number of hydrogen-bond acceptors (Lipinski definition) is 6. The molecule has 0 aliphatic rings. The molecule has 0 aliphatic heterocycles. The molecule has 0 heterocycles. The zero-order chi connectivity index (χ0) is 22.2. The van der Waals surface area contributed by atoms with Gasteiger partial charge in [0, 0.05) is 0 Å². The Morgan fingerprint density at radius 2 is 1.23 bits per heavy atom. The van der Waals surface area contributed by atoms with E-state index in [0.29, 0.717) is 36.7 Å². The molecule has 0 unspecified atom stereocenters. The first-order valence-corrected chi connectivity index (χ1v) is 10.9. The minimum absolute atomic E-state index is 0.409. The lowest BCUT2D eigenvalue weighted by molar-refractivity contribution is -0.128. The van der Waals surface area contributed by atoms with Crippen LogP contribution in [0.3, 0.4) is 0 Å². The molecule has 6 heteroatoms. The smallest absolute Gasteiger partial charge is 0.343 e. The summed E-state index contributed by atoms with van der Waals surface area (Å²) in [5.41, 5.74) is 0.473. The second kappa shape index (κ2) is 14.9. The van der Waals surface area contributed by atoms with Crippen LogP contribution in [0, 0.1) is 0 Å². The van der Waals surface area contributed by atoms with Crippen molar-refractivity contribution in [2.75, 3.05) is 20.3 Å². The van der Waals surface area contributed by atoms with Crippen molar-refractivity contribution in [1.29, 1.82) is 0 Å². The topological polar surface area (TPSA) is 71.1 Å². The first-order valence-electron chi connectivity index (χ1n) is 10.9. The molecule has 31 heavy (non-hydrogen) atoms. The molecule has 168 valence electrons. The fourth-order valence-electron chi connectivity index (χ4n) is 3.08. The highest BCUT2D eigenvalue weighted by molar-refractivity contribution is 5.91. The maximum Gasteiger partial charge on any atom is 0.343 e. The van der Waals surface area contributed by atoms with Gasteiger partial charge in [0.1, 0.15) is 17.2 Å². The Morgan fingerprint density at radius 3 is 1.81 bits per heavy atom. The molecule has 0 N–H and O–H groups in total. The van der Waals surface area contributed by atoms with Gasteiger partial charge >= 0.3 is 5.97 Å². The van der Waals surface area contributed by atoms with Crippen molar-refractivity contribution in [1.82, 2.24) is 0 Å². The first-order chi connectivity index (χ1) is 15.2. The van der Waals surface area contributed by atoms with E-state index in [1.807, 2.05) is 0 Å². The molecule has 0 atom stereocenters. The Morgan fingerprint density at radius 1 is 0.710 bits per heavy atom. The van der Waals surface area contributed by atoms with E-state index in [2.05, 4.69) is 4.74 Å². The van der Waals surface area contributed by atoms with E-state index >= 15 is 0 Å². The summed E-state index contributed by atoms with van der Waals surface area (Å²) in [7, 11) is 1.59. The van der Waals surface area contributed by atoms with E-state index in [4.69, 9.17) is 14.2 Å². The van der Waals surface area contributed by atoms with Crippen LogP contribution in [0.15, 0.2) is 48.5 Å². The van der Waals surface area contributed by atoms with Gasteiger partial charge in [-0.15, -0.1) is 0 Å². The molecule has 0 radical (unpaired) electrons. The minimum Gasteiger partial charge on any atom is -0.497 e. The van der Waals surface area contributed by atoms with Crippen LogP contribution >= 0.6 is 0 Å². The molecule has 2 aromatic rings. The Bertz CT molecular complexity index is 755. The molecule has 0 amide bonds. The van der Waals surface area contributed by atoms with Crippen molar-refractivity contribution in [2.24, 2.45) is 0 Å². The summed E-state index contributed by atoms with van der Waals surface area (Å²) >= 11 is 0. The molecule has 0 aliphatic carbocycles. The molecular formula is C25H32O6. The highest BCUT2D eigenvalue weighted by Crippen LogP contribution is 2.19. The van der Waals surface area contributed by atoms with Gasteiger partial charge in [0.25, 0.3) is 6.47 Å². The summed E-state index contributed by atoms with van der Waals surface area (Å²) in [6, 6.07) is 13.9. The second-order valence-corrected chi connectivity index (χ2v) is 7.23. The predicted octanol–water partition coefficient (Wildman–Crippen LogP) is 5.59. The van der Waals surface area contributed by atoms with Crippen LogP contribution in [0.2, 0.25) is 0 Å². The number of carbonyl (C=O) groups excluding carboxylic acids is 2. The quantitative estimate of drug-likeness (QED) is 0.150. The van der Waals surface area contributed by atoms with Gasteiger partial charge in [-0.2, -0.15) is 0 Å². The number of benzene rings is 2. The summed E-state index contributed by atoms with van der Waals surface area (Å²) in [5.74, 6) is 1.52. The van der Waals surface area contributed by atoms with Gasteiger partial charge in [0.2, 0.25) is 0 Å². The first kappa shape index (κ1) is 24.3. The summed E-state index contributed by atoms with van der Waals surface area (Å²) in [4.78, 5) is 22.3. The summed E-state index contributed by atoms with van der Waals surface area (Å²) < 4.78 is 20.9. The molecule has 2 rings (SSSR count). The number of rotatable bonds is 16.